The Labute approximate surface area is 175 Å². The van der Waals surface area contributed by atoms with Crippen molar-refractivity contribution in [2.75, 3.05) is 40.4 Å². The Balaban J connectivity index is 0.00000338. The number of methoxy groups -OCH3 is 1. The predicted octanol–water partition coefficient (Wildman–Crippen LogP) is 3.88. The number of aliphatic imine (C=N–C) groups is 1. The van der Waals surface area contributed by atoms with Crippen molar-refractivity contribution in [2.45, 2.75) is 45.1 Å². The maximum absolute atomic E-state index is 5.73. The second-order valence-corrected chi connectivity index (χ2v) is 6.58. The van der Waals surface area contributed by atoms with Crippen LogP contribution in [-0.4, -0.2) is 57.4 Å². The minimum absolute atomic E-state index is 0. The first kappa shape index (κ1) is 23.0. The normalized spacial score (nSPS) is 16.8. The minimum Gasteiger partial charge on any atom is -0.497 e. The number of halogens is 1. The van der Waals surface area contributed by atoms with Crippen molar-refractivity contribution in [3.63, 3.8) is 0 Å². The molecule has 26 heavy (non-hydrogen) atoms. The van der Waals surface area contributed by atoms with Gasteiger partial charge in [-0.3, -0.25) is 4.99 Å². The zero-order chi connectivity index (χ0) is 18.1. The van der Waals surface area contributed by atoms with Gasteiger partial charge in [0, 0.05) is 33.3 Å². The van der Waals surface area contributed by atoms with Crippen LogP contribution in [0.15, 0.2) is 29.3 Å². The van der Waals surface area contributed by atoms with Crippen LogP contribution in [0.3, 0.4) is 0 Å². The fourth-order valence-corrected chi connectivity index (χ4v) is 3.30. The number of rotatable bonds is 7. The maximum atomic E-state index is 5.73. The molecule has 1 aromatic rings. The van der Waals surface area contributed by atoms with Gasteiger partial charge in [0.15, 0.2) is 5.96 Å². The Morgan fingerprint density at radius 2 is 1.92 bits per heavy atom. The number of nitrogens with zero attached hydrogens (tertiary/aromatic N) is 2. The third-order valence-corrected chi connectivity index (χ3v) is 4.90. The number of hydrogen-bond donors (Lipinski definition) is 1. The van der Waals surface area contributed by atoms with Gasteiger partial charge in [0.1, 0.15) is 5.75 Å². The summed E-state index contributed by atoms with van der Waals surface area (Å²) in [5, 5.41) is 3.52. The van der Waals surface area contributed by atoms with Crippen LogP contribution >= 0.6 is 24.0 Å². The summed E-state index contributed by atoms with van der Waals surface area (Å²) in [7, 11) is 3.56. The van der Waals surface area contributed by atoms with Gasteiger partial charge < -0.3 is 19.7 Å². The topological polar surface area (TPSA) is 46.1 Å². The van der Waals surface area contributed by atoms with E-state index in [1.807, 2.05) is 19.2 Å². The zero-order valence-corrected chi connectivity index (χ0v) is 18.9. The molecule has 0 spiro atoms. The number of likely N-dealkylation sites (tertiary alicyclic amines) is 1. The summed E-state index contributed by atoms with van der Waals surface area (Å²) in [4.78, 5) is 6.79. The van der Waals surface area contributed by atoms with Crippen molar-refractivity contribution >= 4 is 29.9 Å². The molecule has 1 unspecified atom stereocenters. The van der Waals surface area contributed by atoms with Crippen LogP contribution in [0.5, 0.6) is 5.75 Å². The van der Waals surface area contributed by atoms with Crippen LogP contribution in [0.1, 0.15) is 44.6 Å². The first-order valence-corrected chi connectivity index (χ1v) is 9.39. The molecule has 1 atom stereocenters. The Kier molecular flexibility index (Phi) is 11.0. The number of guanidine groups is 1. The molecule has 2 rings (SSSR count). The van der Waals surface area contributed by atoms with Crippen molar-refractivity contribution < 1.29 is 9.47 Å². The molecule has 5 nitrogen and oxygen atoms in total. The molecular weight excluding hydrogens is 441 g/mol. The Morgan fingerprint density at radius 3 is 2.46 bits per heavy atom. The Hall–Kier alpha value is -1.02. The molecule has 1 aromatic carbocycles. The monoisotopic (exact) mass is 475 g/mol. The molecular formula is C20H34IN3O2. The number of nitrogens with one attached hydrogen (secondary N) is 1. The molecule has 1 N–H and O–H groups in total. The fourth-order valence-electron chi connectivity index (χ4n) is 3.30. The molecule has 1 aliphatic rings. The molecule has 1 heterocycles. The minimum atomic E-state index is 0. The first-order valence-electron chi connectivity index (χ1n) is 9.39. The number of benzene rings is 1. The third kappa shape index (κ3) is 6.95. The van der Waals surface area contributed by atoms with E-state index in [1.54, 1.807) is 7.11 Å². The molecule has 0 radical (unpaired) electrons. The van der Waals surface area contributed by atoms with Crippen molar-refractivity contribution in [3.05, 3.63) is 29.8 Å². The van der Waals surface area contributed by atoms with E-state index in [1.165, 1.54) is 5.56 Å². The lowest BCUT2D eigenvalue weighted by Crippen LogP contribution is -2.47. The first-order chi connectivity index (χ1) is 12.2. The summed E-state index contributed by atoms with van der Waals surface area (Å²) in [5.74, 6) is 2.42. The highest BCUT2D eigenvalue weighted by molar-refractivity contribution is 14.0. The third-order valence-electron chi connectivity index (χ3n) is 4.90. The Morgan fingerprint density at radius 1 is 1.27 bits per heavy atom. The molecule has 6 heteroatoms. The van der Waals surface area contributed by atoms with Crippen LogP contribution in [0, 0.1) is 0 Å². The van der Waals surface area contributed by atoms with E-state index in [9.17, 15) is 0 Å². The maximum Gasteiger partial charge on any atom is 0.193 e. The average Bonchev–Trinajstić information content (AvgIpc) is 2.66. The summed E-state index contributed by atoms with van der Waals surface area (Å²) < 4.78 is 11.0. The lowest BCUT2D eigenvalue weighted by Gasteiger charge is -2.34. The van der Waals surface area contributed by atoms with Crippen LogP contribution in [0.4, 0.5) is 0 Å². The highest BCUT2D eigenvalue weighted by atomic mass is 127. The van der Waals surface area contributed by atoms with Gasteiger partial charge >= 0.3 is 0 Å². The predicted molar refractivity (Wildman–Crippen MR) is 119 cm³/mol. The van der Waals surface area contributed by atoms with Gasteiger partial charge in [0.25, 0.3) is 0 Å². The van der Waals surface area contributed by atoms with Crippen LogP contribution in [0.25, 0.3) is 0 Å². The van der Waals surface area contributed by atoms with E-state index < -0.39 is 0 Å². The van der Waals surface area contributed by atoms with Crippen molar-refractivity contribution in [1.29, 1.82) is 0 Å². The Bertz CT molecular complexity index is 528. The number of piperidine rings is 1. The highest BCUT2D eigenvalue weighted by Crippen LogP contribution is 2.21. The van der Waals surface area contributed by atoms with Crippen LogP contribution in [-0.2, 0) is 4.74 Å². The lowest BCUT2D eigenvalue weighted by atomic mass is 9.98. The summed E-state index contributed by atoms with van der Waals surface area (Å²) in [6.45, 7) is 8.08. The SMILES string of the molecule is CCOC1CCN(C(=NC)NCCC(C)c2ccc(OC)cc2)CC1.I. The zero-order valence-electron chi connectivity index (χ0n) is 16.5. The second kappa shape index (κ2) is 12.4. The van der Waals surface area contributed by atoms with Gasteiger partial charge in [-0.2, -0.15) is 0 Å². The van der Waals surface area contributed by atoms with Crippen molar-refractivity contribution in [2.24, 2.45) is 4.99 Å². The molecule has 0 aliphatic carbocycles. The van der Waals surface area contributed by atoms with Gasteiger partial charge in [-0.05, 0) is 49.8 Å². The van der Waals surface area contributed by atoms with Crippen LogP contribution < -0.4 is 10.1 Å². The summed E-state index contributed by atoms with van der Waals surface area (Å²) in [5.41, 5.74) is 1.34. The quantitative estimate of drug-likeness (QED) is 0.370. The van der Waals surface area contributed by atoms with E-state index in [0.29, 0.717) is 12.0 Å². The second-order valence-electron chi connectivity index (χ2n) is 6.58. The highest BCUT2D eigenvalue weighted by Gasteiger charge is 2.21. The molecule has 0 bridgehead atoms. The molecule has 0 saturated carbocycles. The standard InChI is InChI=1S/C20H33N3O2.HI/c1-5-25-19-11-14-23(15-12-19)20(21-3)22-13-10-16(2)17-6-8-18(24-4)9-7-17;/h6-9,16,19H,5,10-15H2,1-4H3,(H,21,22);1H. The molecule has 1 fully saturated rings. The van der Waals surface area contributed by atoms with Gasteiger partial charge in [-0.25, -0.2) is 0 Å². The smallest absolute Gasteiger partial charge is 0.193 e. The van der Waals surface area contributed by atoms with E-state index in [2.05, 4.69) is 41.2 Å². The van der Waals surface area contributed by atoms with Crippen molar-refractivity contribution in [1.82, 2.24) is 10.2 Å². The summed E-state index contributed by atoms with van der Waals surface area (Å²) in [6, 6.07) is 8.36. The van der Waals surface area contributed by atoms with E-state index >= 15 is 0 Å². The van der Waals surface area contributed by atoms with Crippen LogP contribution in [0.2, 0.25) is 0 Å². The van der Waals surface area contributed by atoms with Gasteiger partial charge in [-0.1, -0.05) is 19.1 Å². The van der Waals surface area contributed by atoms with E-state index in [-0.39, 0.29) is 24.0 Å². The molecule has 1 aliphatic heterocycles. The molecule has 0 aromatic heterocycles. The number of hydrogen-bond acceptors (Lipinski definition) is 3. The van der Waals surface area contributed by atoms with Gasteiger partial charge in [0.2, 0.25) is 0 Å². The van der Waals surface area contributed by atoms with Gasteiger partial charge in [0.05, 0.1) is 13.2 Å². The summed E-state index contributed by atoms with van der Waals surface area (Å²) >= 11 is 0. The molecule has 148 valence electrons. The van der Waals surface area contributed by atoms with Crippen molar-refractivity contribution in [3.8, 4) is 5.75 Å². The van der Waals surface area contributed by atoms with Gasteiger partial charge in [-0.15, -0.1) is 24.0 Å². The van der Waals surface area contributed by atoms with E-state index in [4.69, 9.17) is 9.47 Å². The lowest BCUT2D eigenvalue weighted by molar-refractivity contribution is 0.0264. The largest absolute Gasteiger partial charge is 0.497 e. The average molecular weight is 475 g/mol. The summed E-state index contributed by atoms with van der Waals surface area (Å²) in [6.07, 6.45) is 3.64. The fraction of sp³-hybridized carbons (Fsp3) is 0.650. The molecule has 0 amide bonds. The number of ether oxygens (including phenoxy) is 2. The molecule has 1 saturated heterocycles. The van der Waals surface area contributed by atoms with E-state index in [0.717, 1.165) is 57.2 Å².